The van der Waals surface area contributed by atoms with Crippen LogP contribution in [-0.2, 0) is 24.8 Å². The molecule has 2 aromatic carbocycles. The van der Waals surface area contributed by atoms with E-state index in [0.29, 0.717) is 0 Å². The van der Waals surface area contributed by atoms with Gasteiger partial charge >= 0.3 is 0 Å². The first-order chi connectivity index (χ1) is 15.2. The van der Waals surface area contributed by atoms with Crippen molar-refractivity contribution >= 4 is 31.6 Å². The number of nitrogens with one attached hydrogen (secondary N) is 2. The summed E-state index contributed by atoms with van der Waals surface area (Å²) in [6.45, 7) is 0.833. The van der Waals surface area contributed by atoms with Crippen molar-refractivity contribution in [2.45, 2.75) is 28.7 Å². The molecule has 1 aliphatic heterocycles. The van der Waals surface area contributed by atoms with Crippen molar-refractivity contribution < 1.29 is 30.8 Å². The summed E-state index contributed by atoms with van der Waals surface area (Å²) in [7, 11) is -7.66. The third-order valence-electron chi connectivity index (χ3n) is 5.09. The molecule has 0 aromatic heterocycles. The zero-order chi connectivity index (χ0) is 22.9. The number of halogens is 1. The van der Waals surface area contributed by atoms with Gasteiger partial charge in [-0.05, 0) is 49.2 Å². The van der Waals surface area contributed by atoms with E-state index < -0.39 is 37.3 Å². The van der Waals surface area contributed by atoms with Crippen LogP contribution in [0.1, 0.15) is 23.2 Å². The van der Waals surface area contributed by atoms with Crippen molar-refractivity contribution in [3.63, 3.8) is 0 Å². The number of carbonyl (C=O) groups is 1. The molecule has 2 aromatic rings. The molecule has 0 atom stereocenters. The second-order valence-corrected chi connectivity index (χ2v) is 11.2. The van der Waals surface area contributed by atoms with E-state index in [1.54, 1.807) is 0 Å². The van der Waals surface area contributed by atoms with Gasteiger partial charge in [0.25, 0.3) is 5.91 Å². The van der Waals surface area contributed by atoms with Crippen molar-refractivity contribution in [3.05, 3.63) is 53.8 Å². The SMILES string of the molecule is O=C(Nc1cccc(S(=O)(=O)NC2CC2)c1)c1cc(S(=O)(=O)N2CCOCC2)ccc1F. The fourth-order valence-electron chi connectivity index (χ4n) is 3.20. The average Bonchev–Trinajstić information content (AvgIpc) is 3.58. The van der Waals surface area contributed by atoms with E-state index in [2.05, 4.69) is 10.0 Å². The fourth-order valence-corrected chi connectivity index (χ4v) is 5.99. The van der Waals surface area contributed by atoms with E-state index in [1.165, 1.54) is 28.6 Å². The predicted octanol–water partition coefficient (Wildman–Crippen LogP) is 1.54. The molecule has 1 amide bonds. The van der Waals surface area contributed by atoms with Crippen molar-refractivity contribution in [3.8, 4) is 0 Å². The summed E-state index contributed by atoms with van der Waals surface area (Å²) in [5, 5.41) is 2.44. The van der Waals surface area contributed by atoms with E-state index >= 15 is 0 Å². The normalized spacial score (nSPS) is 17.8. The van der Waals surface area contributed by atoms with Crippen molar-refractivity contribution in [2.24, 2.45) is 0 Å². The lowest BCUT2D eigenvalue weighted by Gasteiger charge is -2.26. The lowest BCUT2D eigenvalue weighted by atomic mass is 10.2. The van der Waals surface area contributed by atoms with Crippen LogP contribution in [0.4, 0.5) is 10.1 Å². The molecule has 0 unspecified atom stereocenters. The summed E-state index contributed by atoms with van der Waals surface area (Å²) >= 11 is 0. The summed E-state index contributed by atoms with van der Waals surface area (Å²) in [6, 6.07) is 8.47. The molecule has 9 nitrogen and oxygen atoms in total. The molecule has 172 valence electrons. The maximum atomic E-state index is 14.4. The lowest BCUT2D eigenvalue weighted by molar-refractivity contribution is 0.0730. The largest absolute Gasteiger partial charge is 0.379 e. The standard InChI is InChI=1S/C20H22FN3O6S2/c21-19-7-6-17(32(28,29)24-8-10-30-11-9-24)13-18(19)20(25)22-15-2-1-3-16(12-15)31(26,27)23-14-4-5-14/h1-3,6-7,12-14,23H,4-5,8-11H2,(H,22,25). The van der Waals surface area contributed by atoms with E-state index in [0.717, 1.165) is 31.0 Å². The minimum atomic E-state index is -3.92. The monoisotopic (exact) mass is 483 g/mol. The maximum Gasteiger partial charge on any atom is 0.258 e. The summed E-state index contributed by atoms with van der Waals surface area (Å²) in [5.74, 6) is -1.80. The Bertz CT molecular complexity index is 1240. The van der Waals surface area contributed by atoms with Gasteiger partial charge in [0, 0.05) is 24.8 Å². The van der Waals surface area contributed by atoms with Gasteiger partial charge < -0.3 is 10.1 Å². The highest BCUT2D eigenvalue weighted by Gasteiger charge is 2.29. The molecule has 12 heteroatoms. The van der Waals surface area contributed by atoms with Gasteiger partial charge in [0.15, 0.2) is 0 Å². The highest BCUT2D eigenvalue weighted by molar-refractivity contribution is 7.89. The first-order valence-corrected chi connectivity index (χ1v) is 12.9. The molecule has 1 heterocycles. The minimum Gasteiger partial charge on any atom is -0.379 e. The third kappa shape index (κ3) is 4.99. The highest BCUT2D eigenvalue weighted by atomic mass is 32.2. The van der Waals surface area contributed by atoms with Crippen LogP contribution in [0.2, 0.25) is 0 Å². The van der Waals surface area contributed by atoms with Crippen molar-refractivity contribution in [1.82, 2.24) is 9.03 Å². The van der Waals surface area contributed by atoms with Crippen LogP contribution < -0.4 is 10.0 Å². The van der Waals surface area contributed by atoms with Crippen molar-refractivity contribution in [2.75, 3.05) is 31.6 Å². The van der Waals surface area contributed by atoms with Crippen LogP contribution in [0.15, 0.2) is 52.3 Å². The predicted molar refractivity (Wildman–Crippen MR) is 114 cm³/mol. The Labute approximate surface area is 185 Å². The molecule has 32 heavy (non-hydrogen) atoms. The van der Waals surface area contributed by atoms with Gasteiger partial charge in [-0.3, -0.25) is 4.79 Å². The van der Waals surface area contributed by atoms with Crippen LogP contribution in [0.5, 0.6) is 0 Å². The molecule has 2 aliphatic rings. The quantitative estimate of drug-likeness (QED) is 0.616. The summed E-state index contributed by atoms with van der Waals surface area (Å²) in [6.07, 6.45) is 1.55. The number of carbonyl (C=O) groups excluding carboxylic acids is 1. The van der Waals surface area contributed by atoms with Crippen molar-refractivity contribution in [1.29, 1.82) is 0 Å². The lowest BCUT2D eigenvalue weighted by Crippen LogP contribution is -2.40. The first kappa shape index (κ1) is 22.8. The summed E-state index contributed by atoms with van der Waals surface area (Å²) < 4.78 is 73.7. The number of rotatable bonds is 7. The first-order valence-electron chi connectivity index (χ1n) is 9.98. The number of morpholine rings is 1. The Kier molecular flexibility index (Phi) is 6.32. The van der Waals surface area contributed by atoms with Gasteiger partial charge in [0.2, 0.25) is 20.0 Å². The van der Waals surface area contributed by atoms with Gasteiger partial charge in [0.05, 0.1) is 28.6 Å². The van der Waals surface area contributed by atoms with E-state index in [9.17, 15) is 26.0 Å². The molecule has 0 radical (unpaired) electrons. The molecule has 2 fully saturated rings. The number of ether oxygens (including phenoxy) is 1. The molecule has 1 saturated heterocycles. The Morgan fingerprint density at radius 2 is 1.72 bits per heavy atom. The molecule has 0 bridgehead atoms. The van der Waals surface area contributed by atoms with E-state index in [1.807, 2.05) is 0 Å². The number of sulfonamides is 2. The van der Waals surface area contributed by atoms with Crippen LogP contribution in [0.25, 0.3) is 0 Å². The number of nitrogens with zero attached hydrogens (tertiary/aromatic N) is 1. The molecule has 4 rings (SSSR count). The summed E-state index contributed by atoms with van der Waals surface area (Å²) in [4.78, 5) is 12.4. The third-order valence-corrected chi connectivity index (χ3v) is 8.50. The van der Waals surface area contributed by atoms with Crippen LogP contribution in [-0.4, -0.2) is 59.4 Å². The topological polar surface area (TPSA) is 122 Å². The second kappa shape index (κ2) is 8.87. The molecular weight excluding hydrogens is 461 g/mol. The molecule has 1 aliphatic carbocycles. The Morgan fingerprint density at radius 3 is 2.41 bits per heavy atom. The number of amides is 1. The Morgan fingerprint density at radius 1 is 1.00 bits per heavy atom. The molecule has 0 spiro atoms. The smallest absolute Gasteiger partial charge is 0.258 e. The minimum absolute atomic E-state index is 0.0358. The zero-order valence-corrected chi connectivity index (χ0v) is 18.6. The highest BCUT2D eigenvalue weighted by Crippen LogP contribution is 2.24. The number of benzene rings is 2. The molecule has 1 saturated carbocycles. The van der Waals surface area contributed by atoms with E-state index in [4.69, 9.17) is 4.74 Å². The van der Waals surface area contributed by atoms with E-state index in [-0.39, 0.29) is 47.8 Å². The maximum absolute atomic E-state index is 14.4. The zero-order valence-electron chi connectivity index (χ0n) is 17.0. The average molecular weight is 484 g/mol. The number of anilines is 1. The fraction of sp³-hybridized carbons (Fsp3) is 0.350. The second-order valence-electron chi connectivity index (χ2n) is 7.54. The molecular formula is C20H22FN3O6S2. The Balaban J connectivity index is 1.56. The number of hydrogen-bond donors (Lipinski definition) is 2. The Hall–Kier alpha value is -2.38. The van der Waals surface area contributed by atoms with Gasteiger partial charge in [-0.15, -0.1) is 0 Å². The van der Waals surface area contributed by atoms with Gasteiger partial charge in [-0.2, -0.15) is 4.31 Å². The van der Waals surface area contributed by atoms with Crippen LogP contribution in [0.3, 0.4) is 0 Å². The van der Waals surface area contributed by atoms with Gasteiger partial charge in [-0.1, -0.05) is 6.07 Å². The molecule has 2 N–H and O–H groups in total. The van der Waals surface area contributed by atoms with Gasteiger partial charge in [-0.25, -0.2) is 25.9 Å². The van der Waals surface area contributed by atoms with Crippen LogP contribution >= 0.6 is 0 Å². The summed E-state index contributed by atoms with van der Waals surface area (Å²) in [5.41, 5.74) is -0.335. The number of hydrogen-bond acceptors (Lipinski definition) is 6. The van der Waals surface area contributed by atoms with Gasteiger partial charge in [0.1, 0.15) is 5.82 Å². The van der Waals surface area contributed by atoms with Crippen LogP contribution in [0, 0.1) is 5.82 Å².